The van der Waals surface area contributed by atoms with Gasteiger partial charge in [0.25, 0.3) is 0 Å². The first-order chi connectivity index (χ1) is 14.1. The van der Waals surface area contributed by atoms with Crippen LogP contribution in [0.3, 0.4) is 0 Å². The molecule has 29 heavy (non-hydrogen) atoms. The van der Waals surface area contributed by atoms with Crippen molar-refractivity contribution in [2.24, 2.45) is 0 Å². The fraction of sp³-hybridized carbons (Fsp3) is 0.760. The molecule has 4 nitrogen and oxygen atoms in total. The van der Waals surface area contributed by atoms with E-state index in [1.807, 2.05) is 0 Å². The summed E-state index contributed by atoms with van der Waals surface area (Å²) in [6.45, 7) is 3.73. The van der Waals surface area contributed by atoms with E-state index in [0.29, 0.717) is 6.42 Å². The number of unbranched alkanes of at least 4 members (excludes halogenated alkanes) is 12. The molecule has 168 valence electrons. The summed E-state index contributed by atoms with van der Waals surface area (Å²) in [6.07, 6.45) is 27.9. The van der Waals surface area contributed by atoms with Crippen molar-refractivity contribution in [2.75, 3.05) is 0 Å². The van der Waals surface area contributed by atoms with Crippen molar-refractivity contribution >= 4 is 11.9 Å². The van der Waals surface area contributed by atoms with Crippen LogP contribution in [0.5, 0.6) is 0 Å². The summed E-state index contributed by atoms with van der Waals surface area (Å²) in [6, 6.07) is -0.796. The highest BCUT2D eigenvalue weighted by molar-refractivity contribution is 5.83. The van der Waals surface area contributed by atoms with Crippen molar-refractivity contribution in [3.63, 3.8) is 0 Å². The van der Waals surface area contributed by atoms with Crippen LogP contribution in [0.2, 0.25) is 0 Å². The highest BCUT2D eigenvalue weighted by Gasteiger charge is 2.12. The minimum Gasteiger partial charge on any atom is -0.480 e. The quantitative estimate of drug-likeness (QED) is 0.169. The maximum Gasteiger partial charge on any atom is 0.325 e. The Morgan fingerprint density at radius 3 is 1.76 bits per heavy atom. The van der Waals surface area contributed by atoms with E-state index in [2.05, 4.69) is 36.5 Å². The molecular weight excluding hydrogens is 362 g/mol. The molecule has 0 rings (SSSR count). The summed E-state index contributed by atoms with van der Waals surface area (Å²) in [5.41, 5.74) is 0. The number of carboxylic acids is 1. The second-order valence-corrected chi connectivity index (χ2v) is 8.02. The van der Waals surface area contributed by atoms with Crippen molar-refractivity contribution < 1.29 is 14.7 Å². The van der Waals surface area contributed by atoms with Crippen molar-refractivity contribution in [1.29, 1.82) is 0 Å². The standard InChI is InChI=1S/C25H45NO3/c1-3-4-5-6-7-8-9-10-11-12-13-14-15-16-17-18-19-20-21-22-24(27)26-23(2)25(28)29/h7-8,10-11,23H,3-6,9,12-22H2,1-2H3,(H,26,27)(H,28,29)/b8-7-,11-10-/t23-/m0/s1. The molecule has 0 unspecified atom stereocenters. The molecule has 1 amide bonds. The van der Waals surface area contributed by atoms with Crippen LogP contribution in [0, 0.1) is 0 Å². The molecule has 0 aromatic rings. The first-order valence-corrected chi connectivity index (χ1v) is 11.9. The van der Waals surface area contributed by atoms with Gasteiger partial charge in [-0.3, -0.25) is 9.59 Å². The fourth-order valence-electron chi connectivity index (χ4n) is 3.18. The lowest BCUT2D eigenvalue weighted by molar-refractivity contribution is -0.141. The third-order valence-electron chi connectivity index (χ3n) is 5.10. The Morgan fingerprint density at radius 1 is 0.759 bits per heavy atom. The van der Waals surface area contributed by atoms with Gasteiger partial charge in [0.15, 0.2) is 0 Å². The third kappa shape index (κ3) is 21.0. The topological polar surface area (TPSA) is 66.4 Å². The Morgan fingerprint density at radius 2 is 1.24 bits per heavy atom. The molecule has 0 bridgehead atoms. The first kappa shape index (κ1) is 27.4. The fourth-order valence-corrected chi connectivity index (χ4v) is 3.18. The van der Waals surface area contributed by atoms with E-state index in [0.717, 1.165) is 25.7 Å². The van der Waals surface area contributed by atoms with Gasteiger partial charge in [0.05, 0.1) is 0 Å². The average Bonchev–Trinajstić information content (AvgIpc) is 2.69. The molecule has 0 aromatic heterocycles. The zero-order valence-electron chi connectivity index (χ0n) is 19.0. The van der Waals surface area contributed by atoms with Crippen LogP contribution in [0.15, 0.2) is 24.3 Å². The van der Waals surface area contributed by atoms with Crippen LogP contribution in [0.4, 0.5) is 0 Å². The van der Waals surface area contributed by atoms with E-state index in [1.165, 1.54) is 77.6 Å². The summed E-state index contributed by atoms with van der Waals surface area (Å²) in [5.74, 6) is -1.14. The summed E-state index contributed by atoms with van der Waals surface area (Å²) in [7, 11) is 0. The zero-order valence-corrected chi connectivity index (χ0v) is 19.0. The van der Waals surface area contributed by atoms with Gasteiger partial charge in [0, 0.05) is 6.42 Å². The van der Waals surface area contributed by atoms with Gasteiger partial charge in [-0.1, -0.05) is 89.0 Å². The van der Waals surface area contributed by atoms with E-state index < -0.39 is 12.0 Å². The van der Waals surface area contributed by atoms with Crippen molar-refractivity contribution in [3.8, 4) is 0 Å². The van der Waals surface area contributed by atoms with Crippen LogP contribution < -0.4 is 5.32 Å². The van der Waals surface area contributed by atoms with Crippen molar-refractivity contribution in [1.82, 2.24) is 5.32 Å². The minimum atomic E-state index is -0.986. The van der Waals surface area contributed by atoms with E-state index in [-0.39, 0.29) is 5.91 Å². The van der Waals surface area contributed by atoms with Gasteiger partial charge in [-0.25, -0.2) is 0 Å². The lowest BCUT2D eigenvalue weighted by Gasteiger charge is -2.08. The molecule has 4 heteroatoms. The van der Waals surface area contributed by atoms with Gasteiger partial charge in [-0.15, -0.1) is 0 Å². The highest BCUT2D eigenvalue weighted by Crippen LogP contribution is 2.11. The summed E-state index contributed by atoms with van der Waals surface area (Å²) < 4.78 is 0. The Balaban J connectivity index is 3.28. The SMILES string of the molecule is CCCCC/C=C\C/C=C\CCCCCCCCCCCC(=O)N[C@@H](C)C(=O)O. The van der Waals surface area contributed by atoms with Gasteiger partial charge >= 0.3 is 5.97 Å². The van der Waals surface area contributed by atoms with Gasteiger partial charge in [0.2, 0.25) is 5.91 Å². The van der Waals surface area contributed by atoms with Crippen LogP contribution >= 0.6 is 0 Å². The predicted octanol–water partition coefficient (Wildman–Crippen LogP) is 6.95. The lowest BCUT2D eigenvalue weighted by atomic mass is 10.1. The molecule has 0 aliphatic rings. The van der Waals surface area contributed by atoms with E-state index in [1.54, 1.807) is 0 Å². The van der Waals surface area contributed by atoms with Gasteiger partial charge in [-0.2, -0.15) is 0 Å². The van der Waals surface area contributed by atoms with Crippen LogP contribution in [-0.2, 0) is 9.59 Å². The number of hydrogen-bond donors (Lipinski definition) is 2. The summed E-state index contributed by atoms with van der Waals surface area (Å²) >= 11 is 0. The largest absolute Gasteiger partial charge is 0.480 e. The van der Waals surface area contributed by atoms with Gasteiger partial charge in [-0.05, 0) is 45.4 Å². The molecule has 0 aliphatic carbocycles. The summed E-state index contributed by atoms with van der Waals surface area (Å²) in [5, 5.41) is 11.2. The zero-order chi connectivity index (χ0) is 21.6. The number of hydrogen-bond acceptors (Lipinski definition) is 2. The number of rotatable bonds is 20. The second-order valence-electron chi connectivity index (χ2n) is 8.02. The first-order valence-electron chi connectivity index (χ1n) is 11.9. The van der Waals surface area contributed by atoms with E-state index >= 15 is 0 Å². The lowest BCUT2D eigenvalue weighted by Crippen LogP contribution is -2.38. The predicted molar refractivity (Wildman–Crippen MR) is 123 cm³/mol. The smallest absolute Gasteiger partial charge is 0.325 e. The van der Waals surface area contributed by atoms with Crippen molar-refractivity contribution in [2.45, 2.75) is 123 Å². The molecule has 0 spiro atoms. The maximum atomic E-state index is 11.6. The molecule has 1 atom stereocenters. The molecule has 0 heterocycles. The van der Waals surface area contributed by atoms with Crippen LogP contribution in [0.25, 0.3) is 0 Å². The van der Waals surface area contributed by atoms with Crippen LogP contribution in [0.1, 0.15) is 117 Å². The van der Waals surface area contributed by atoms with Crippen molar-refractivity contribution in [3.05, 3.63) is 24.3 Å². The number of carbonyl (C=O) groups is 2. The number of carbonyl (C=O) groups excluding carboxylic acids is 1. The number of carboxylic acid groups (broad SMARTS) is 1. The third-order valence-corrected chi connectivity index (χ3v) is 5.10. The Bertz CT molecular complexity index is 457. The molecule has 0 aliphatic heterocycles. The number of aliphatic carboxylic acids is 1. The maximum absolute atomic E-state index is 11.6. The van der Waals surface area contributed by atoms with E-state index in [4.69, 9.17) is 5.11 Å². The van der Waals surface area contributed by atoms with Crippen LogP contribution in [-0.4, -0.2) is 23.0 Å². The molecule has 0 saturated heterocycles. The number of nitrogens with one attached hydrogen (secondary N) is 1. The Hall–Kier alpha value is -1.58. The second kappa shape index (κ2) is 21.1. The van der Waals surface area contributed by atoms with Gasteiger partial charge < -0.3 is 10.4 Å². The highest BCUT2D eigenvalue weighted by atomic mass is 16.4. The number of amides is 1. The minimum absolute atomic E-state index is 0.156. The molecule has 2 N–H and O–H groups in total. The summed E-state index contributed by atoms with van der Waals surface area (Å²) in [4.78, 5) is 22.2. The van der Waals surface area contributed by atoms with E-state index in [9.17, 15) is 9.59 Å². The molecule has 0 fully saturated rings. The van der Waals surface area contributed by atoms with Gasteiger partial charge in [0.1, 0.15) is 6.04 Å². The molecule has 0 radical (unpaired) electrons. The normalized spacial score (nSPS) is 12.6. The molecular formula is C25H45NO3. The monoisotopic (exact) mass is 407 g/mol. The Labute approximate surface area is 179 Å². The number of allylic oxidation sites excluding steroid dienone is 4. The average molecular weight is 408 g/mol. The molecule has 0 saturated carbocycles. The molecule has 0 aromatic carbocycles. The Kier molecular flexibility index (Phi) is 20.0.